The lowest BCUT2D eigenvalue weighted by atomic mass is 9.78. The first kappa shape index (κ1) is 75.4. The van der Waals surface area contributed by atoms with Crippen LogP contribution in [0.25, 0.3) is 0 Å². The maximum absolute atomic E-state index is 12.6. The predicted molar refractivity (Wildman–Crippen MR) is 348 cm³/mol. The van der Waals surface area contributed by atoms with Gasteiger partial charge in [-0.3, -0.25) is 0 Å². The quantitative estimate of drug-likeness (QED) is 0.0293. The molecule has 5 aliphatic heterocycles. The molecule has 0 aliphatic carbocycles. The standard InChI is InChI=1S/2C26H31F3O5.C23H27F3O4/c2*1-25(2,19-5-9-21(10-6-19)31-14-23-16-33-23)18-3-7-20(8-4-18)30-13-22(11-12-26(27,28)29)32-15-24-17-34-24;1-22(2,17-5-9-20(10-6-17)29-14-21-15-30-21)16-3-7-19(8-4-16)28-13-18(27)11-12-23(24,25)26/h2*3-10,22-24H,11-17H2,1-2H3;3-10,18,21,27H,11-15H2,1-2H3. The Kier molecular flexibility index (Phi) is 26.2. The lowest BCUT2D eigenvalue weighted by molar-refractivity contribution is -0.144. The number of epoxide rings is 5. The number of hydrogen-bond acceptors (Lipinski definition) is 14. The van der Waals surface area contributed by atoms with Gasteiger partial charge < -0.3 is 66.7 Å². The Hall–Kier alpha value is -6.83. The number of aliphatic hydroxyl groups is 1. The fourth-order valence-electron chi connectivity index (χ4n) is 10.2. The van der Waals surface area contributed by atoms with Gasteiger partial charge in [0.2, 0.25) is 0 Å². The van der Waals surface area contributed by atoms with E-state index in [-0.39, 0.29) is 99.1 Å². The van der Waals surface area contributed by atoms with Gasteiger partial charge in [0.05, 0.1) is 64.6 Å². The molecule has 536 valence electrons. The van der Waals surface area contributed by atoms with Crippen LogP contribution in [0.1, 0.15) is 113 Å². The highest BCUT2D eigenvalue weighted by atomic mass is 19.4. The van der Waals surface area contributed by atoms with E-state index < -0.39 is 56.1 Å². The summed E-state index contributed by atoms with van der Waals surface area (Å²) in [6.45, 7) is 18.5. The Morgan fingerprint density at radius 1 is 0.316 bits per heavy atom. The molecule has 0 radical (unpaired) electrons. The summed E-state index contributed by atoms with van der Waals surface area (Å²) in [7, 11) is 0. The highest BCUT2D eigenvalue weighted by Gasteiger charge is 2.34. The molecular weight excluding hydrogens is 1300 g/mol. The van der Waals surface area contributed by atoms with Crippen molar-refractivity contribution in [2.45, 2.75) is 164 Å². The highest BCUT2D eigenvalue weighted by molar-refractivity contribution is 5.45. The van der Waals surface area contributed by atoms with Crippen molar-refractivity contribution in [2.24, 2.45) is 0 Å². The van der Waals surface area contributed by atoms with Gasteiger partial charge in [0.15, 0.2) is 0 Å². The second-order valence-corrected chi connectivity index (χ2v) is 26.7. The minimum absolute atomic E-state index is 0.0113. The molecule has 14 nitrogen and oxygen atoms in total. The average Bonchev–Trinajstić information content (AvgIpc) is 1.02. The molecule has 6 aromatic carbocycles. The van der Waals surface area contributed by atoms with Crippen LogP contribution in [0, 0.1) is 0 Å². The van der Waals surface area contributed by atoms with Crippen LogP contribution in [0.2, 0.25) is 0 Å². The molecule has 8 atom stereocenters. The van der Waals surface area contributed by atoms with Gasteiger partial charge in [0.1, 0.15) is 105 Å². The topological polar surface area (TPSA) is 157 Å². The lowest BCUT2D eigenvalue weighted by Crippen LogP contribution is -2.26. The third-order valence-electron chi connectivity index (χ3n) is 17.4. The third kappa shape index (κ3) is 26.4. The Labute approximate surface area is 567 Å². The van der Waals surface area contributed by atoms with Crippen LogP contribution in [0.5, 0.6) is 34.5 Å². The van der Waals surface area contributed by atoms with Crippen molar-refractivity contribution in [1.29, 1.82) is 0 Å². The molecule has 5 aliphatic rings. The number of alkyl halides is 9. The number of hydrogen-bond donors (Lipinski definition) is 1. The summed E-state index contributed by atoms with van der Waals surface area (Å²) >= 11 is 0. The molecule has 5 heterocycles. The van der Waals surface area contributed by atoms with Gasteiger partial charge in [-0.1, -0.05) is 114 Å². The van der Waals surface area contributed by atoms with E-state index in [0.29, 0.717) is 50.3 Å². The minimum atomic E-state index is -4.27. The van der Waals surface area contributed by atoms with Crippen LogP contribution >= 0.6 is 0 Å². The summed E-state index contributed by atoms with van der Waals surface area (Å²) in [6, 6.07) is 46.7. The zero-order chi connectivity index (χ0) is 70.1. The Balaban J connectivity index is 0.000000172. The first-order valence-electron chi connectivity index (χ1n) is 33.1. The zero-order valence-electron chi connectivity index (χ0n) is 56.1. The molecule has 11 rings (SSSR count). The van der Waals surface area contributed by atoms with E-state index in [1.54, 1.807) is 12.1 Å². The molecule has 0 bridgehead atoms. The van der Waals surface area contributed by atoms with E-state index in [1.807, 2.05) is 109 Å². The first-order chi connectivity index (χ1) is 46.5. The van der Waals surface area contributed by atoms with Crippen LogP contribution in [0.3, 0.4) is 0 Å². The fraction of sp³-hybridized carbons (Fsp3) is 0.520. The Bertz CT molecular complexity index is 3160. The SMILES string of the molecule is CC(C)(c1ccc(OCC(CCC(F)(F)F)OCC2CO2)cc1)c1ccc(OCC2CO2)cc1.CC(C)(c1ccc(OCC(CCC(F)(F)F)OCC2CO2)cc1)c1ccc(OCC2CO2)cc1.CC(C)(c1ccc(OCC(O)CCC(F)(F)F)cc1)c1ccc(OCC2CO2)cc1. The van der Waals surface area contributed by atoms with Crippen molar-refractivity contribution < 1.29 is 106 Å². The number of aliphatic hydroxyl groups excluding tert-OH is 1. The zero-order valence-corrected chi connectivity index (χ0v) is 56.1. The van der Waals surface area contributed by atoms with Crippen molar-refractivity contribution in [1.82, 2.24) is 0 Å². The van der Waals surface area contributed by atoms with E-state index in [2.05, 4.69) is 65.8 Å². The maximum Gasteiger partial charge on any atom is 0.389 e. The van der Waals surface area contributed by atoms with Gasteiger partial charge in [-0.15, -0.1) is 0 Å². The van der Waals surface area contributed by atoms with Crippen LogP contribution in [0.15, 0.2) is 146 Å². The second kappa shape index (κ2) is 34.0. The molecule has 1 N–H and O–H groups in total. The summed E-state index contributed by atoms with van der Waals surface area (Å²) < 4.78 is 183. The molecule has 6 aromatic rings. The van der Waals surface area contributed by atoms with Gasteiger partial charge in [0, 0.05) is 35.5 Å². The molecule has 5 saturated heterocycles. The molecule has 0 spiro atoms. The normalized spacial score (nSPS) is 19.7. The van der Waals surface area contributed by atoms with E-state index in [9.17, 15) is 44.6 Å². The van der Waals surface area contributed by atoms with Gasteiger partial charge in [-0.05, 0) is 125 Å². The van der Waals surface area contributed by atoms with E-state index in [0.717, 1.165) is 70.4 Å². The molecule has 23 heteroatoms. The predicted octanol–water partition coefficient (Wildman–Crippen LogP) is 15.5. The van der Waals surface area contributed by atoms with Gasteiger partial charge in [-0.25, -0.2) is 0 Å². The molecule has 0 saturated carbocycles. The summed E-state index contributed by atoms with van der Waals surface area (Å²) in [4.78, 5) is 0. The van der Waals surface area contributed by atoms with Gasteiger partial charge in [-0.2, -0.15) is 39.5 Å². The second-order valence-electron chi connectivity index (χ2n) is 26.7. The van der Waals surface area contributed by atoms with Crippen LogP contribution in [-0.4, -0.2) is 158 Å². The largest absolute Gasteiger partial charge is 0.491 e. The summed E-state index contributed by atoms with van der Waals surface area (Å²) in [6.07, 6.45) is -18.0. The number of ether oxygens (including phenoxy) is 13. The molecule has 0 amide bonds. The van der Waals surface area contributed by atoms with Crippen LogP contribution in [-0.2, 0) is 49.4 Å². The smallest absolute Gasteiger partial charge is 0.389 e. The Morgan fingerprint density at radius 2 is 0.520 bits per heavy atom. The van der Waals surface area contributed by atoms with Crippen molar-refractivity contribution in [3.8, 4) is 34.5 Å². The molecule has 0 aromatic heterocycles. The van der Waals surface area contributed by atoms with E-state index in [4.69, 9.17) is 61.6 Å². The first-order valence-corrected chi connectivity index (χ1v) is 33.1. The molecular formula is C75H89F9O14. The monoisotopic (exact) mass is 1380 g/mol. The molecule has 98 heavy (non-hydrogen) atoms. The van der Waals surface area contributed by atoms with Gasteiger partial charge >= 0.3 is 18.5 Å². The van der Waals surface area contributed by atoms with Crippen molar-refractivity contribution in [3.05, 3.63) is 179 Å². The summed E-state index contributed by atoms with van der Waals surface area (Å²) in [5, 5.41) is 9.66. The number of halogens is 9. The third-order valence-corrected chi connectivity index (χ3v) is 17.4. The molecule has 5 fully saturated rings. The van der Waals surface area contributed by atoms with Crippen LogP contribution in [0.4, 0.5) is 39.5 Å². The lowest BCUT2D eigenvalue weighted by Gasteiger charge is -2.26. The van der Waals surface area contributed by atoms with Crippen LogP contribution < -0.4 is 28.4 Å². The molecule has 8 unspecified atom stereocenters. The van der Waals surface area contributed by atoms with Crippen molar-refractivity contribution in [2.75, 3.05) is 85.9 Å². The number of rotatable bonds is 36. The summed E-state index contributed by atoms with van der Waals surface area (Å²) in [5.41, 5.74) is 5.88. The maximum atomic E-state index is 12.6. The minimum Gasteiger partial charge on any atom is -0.491 e. The Morgan fingerprint density at radius 3 is 0.745 bits per heavy atom. The van der Waals surface area contributed by atoms with Crippen molar-refractivity contribution in [3.63, 3.8) is 0 Å². The van der Waals surface area contributed by atoms with Gasteiger partial charge in [0.25, 0.3) is 0 Å². The average molecular weight is 1390 g/mol. The van der Waals surface area contributed by atoms with Crippen molar-refractivity contribution >= 4 is 0 Å². The summed E-state index contributed by atoms with van der Waals surface area (Å²) in [5.74, 6) is 4.12. The fourth-order valence-corrected chi connectivity index (χ4v) is 10.2. The number of benzene rings is 6. The highest BCUT2D eigenvalue weighted by Crippen LogP contribution is 2.38. The van der Waals surface area contributed by atoms with E-state index in [1.165, 1.54) is 0 Å². The van der Waals surface area contributed by atoms with E-state index >= 15 is 0 Å².